The van der Waals surface area contributed by atoms with Crippen LogP contribution in [0.15, 0.2) is 39.7 Å². The number of allylic oxidation sites excluding steroid dienone is 1. The first-order valence-corrected chi connectivity index (χ1v) is 7.83. The van der Waals surface area contributed by atoms with Gasteiger partial charge in [-0.05, 0) is 18.4 Å². The maximum absolute atomic E-state index is 11.9. The second-order valence-corrected chi connectivity index (χ2v) is 6.64. The summed E-state index contributed by atoms with van der Waals surface area (Å²) in [4.78, 5) is 11.9. The maximum atomic E-state index is 11.9. The van der Waals surface area contributed by atoms with Crippen molar-refractivity contribution in [1.29, 1.82) is 0 Å². The number of amides is 1. The van der Waals surface area contributed by atoms with Gasteiger partial charge in [0.25, 0.3) is 0 Å². The lowest BCUT2D eigenvalue weighted by molar-refractivity contribution is -0.120. The number of rotatable bonds is 5. The normalized spacial score (nSPS) is 18.7. The fourth-order valence-electron chi connectivity index (χ4n) is 1.88. The van der Waals surface area contributed by atoms with E-state index >= 15 is 0 Å². The van der Waals surface area contributed by atoms with E-state index < -0.39 is 0 Å². The number of thioether (sulfide) groups is 1. The highest BCUT2D eigenvalue weighted by Crippen LogP contribution is 2.41. The molecule has 1 aromatic rings. The second kappa shape index (κ2) is 7.22. The monoisotopic (exact) mass is 315 g/mol. The van der Waals surface area contributed by atoms with Crippen molar-refractivity contribution in [2.75, 3.05) is 6.54 Å². The Hall–Kier alpha value is -0.640. The molecule has 1 N–H and O–H groups in total. The molecule has 1 aromatic carbocycles. The van der Waals surface area contributed by atoms with Gasteiger partial charge in [0.1, 0.15) is 0 Å². The summed E-state index contributed by atoms with van der Waals surface area (Å²) in [5.74, 6) is 0.0202. The Morgan fingerprint density at radius 3 is 2.68 bits per heavy atom. The second-order valence-electron chi connectivity index (χ2n) is 4.37. The van der Waals surface area contributed by atoms with Gasteiger partial charge in [-0.25, -0.2) is 0 Å². The average molecular weight is 316 g/mol. The topological polar surface area (TPSA) is 29.1 Å². The van der Waals surface area contributed by atoms with E-state index in [4.69, 9.17) is 23.2 Å². The highest BCUT2D eigenvalue weighted by atomic mass is 35.5. The van der Waals surface area contributed by atoms with Crippen LogP contribution in [0.25, 0.3) is 0 Å². The highest BCUT2D eigenvalue weighted by Gasteiger charge is 2.28. The molecule has 0 aromatic heterocycles. The quantitative estimate of drug-likeness (QED) is 0.835. The van der Waals surface area contributed by atoms with Crippen LogP contribution in [0.5, 0.6) is 0 Å². The zero-order valence-corrected chi connectivity index (χ0v) is 12.7. The van der Waals surface area contributed by atoms with Gasteiger partial charge >= 0.3 is 0 Å². The standard InChI is InChI=1S/C14H15Cl2NOS/c15-11-9-12(19-13(11)16)14(18)17-8-4-7-10-5-2-1-3-6-10/h1-3,5-6,12H,4,7-9H2,(H,17,18). The molecule has 2 rings (SSSR count). The first-order valence-electron chi connectivity index (χ1n) is 6.19. The molecule has 5 heteroatoms. The molecule has 19 heavy (non-hydrogen) atoms. The highest BCUT2D eigenvalue weighted by molar-refractivity contribution is 8.06. The van der Waals surface area contributed by atoms with Crippen LogP contribution in [0, 0.1) is 0 Å². The molecule has 0 spiro atoms. The Morgan fingerprint density at radius 1 is 1.32 bits per heavy atom. The van der Waals surface area contributed by atoms with Crippen molar-refractivity contribution in [3.63, 3.8) is 0 Å². The molecule has 2 nitrogen and oxygen atoms in total. The molecule has 0 aliphatic carbocycles. The number of carbonyl (C=O) groups is 1. The summed E-state index contributed by atoms with van der Waals surface area (Å²) in [5, 5.41) is 3.36. The minimum Gasteiger partial charge on any atom is -0.355 e. The van der Waals surface area contributed by atoms with E-state index in [0.29, 0.717) is 22.4 Å². The number of benzene rings is 1. The van der Waals surface area contributed by atoms with Crippen molar-refractivity contribution in [3.05, 3.63) is 45.3 Å². The molecule has 0 bridgehead atoms. The van der Waals surface area contributed by atoms with Gasteiger partial charge in [-0.1, -0.05) is 65.3 Å². The lowest BCUT2D eigenvalue weighted by Gasteiger charge is -2.10. The summed E-state index contributed by atoms with van der Waals surface area (Å²) in [6, 6.07) is 10.2. The van der Waals surface area contributed by atoms with Gasteiger partial charge in [0.15, 0.2) is 0 Å². The third kappa shape index (κ3) is 4.44. The molecule has 0 radical (unpaired) electrons. The average Bonchev–Trinajstić information content (AvgIpc) is 2.76. The molecule has 1 aliphatic heterocycles. The predicted octanol–water partition coefficient (Wildman–Crippen LogP) is 3.89. The Kier molecular flexibility index (Phi) is 5.61. The number of nitrogens with one attached hydrogen (secondary N) is 1. The number of halogens is 2. The van der Waals surface area contributed by atoms with Gasteiger partial charge in [-0.2, -0.15) is 0 Å². The smallest absolute Gasteiger partial charge is 0.233 e. The molecule has 0 saturated heterocycles. The minimum atomic E-state index is -0.170. The van der Waals surface area contributed by atoms with Crippen LogP contribution in [0.1, 0.15) is 18.4 Å². The lowest BCUT2D eigenvalue weighted by Crippen LogP contribution is -2.32. The molecular formula is C14H15Cl2NOS. The number of hydrogen-bond acceptors (Lipinski definition) is 2. The Morgan fingerprint density at radius 2 is 2.05 bits per heavy atom. The van der Waals surface area contributed by atoms with Gasteiger partial charge in [-0.15, -0.1) is 0 Å². The van der Waals surface area contributed by atoms with Crippen LogP contribution in [-0.4, -0.2) is 17.7 Å². The Labute approximate surface area is 127 Å². The largest absolute Gasteiger partial charge is 0.355 e. The summed E-state index contributed by atoms with van der Waals surface area (Å²) in [6.45, 7) is 0.681. The van der Waals surface area contributed by atoms with Crippen molar-refractivity contribution in [3.8, 4) is 0 Å². The van der Waals surface area contributed by atoms with Gasteiger partial charge in [-0.3, -0.25) is 4.79 Å². The van der Waals surface area contributed by atoms with E-state index in [1.54, 1.807) is 0 Å². The zero-order valence-electron chi connectivity index (χ0n) is 10.4. The summed E-state index contributed by atoms with van der Waals surface area (Å²) >= 11 is 13.1. The molecule has 1 heterocycles. The van der Waals surface area contributed by atoms with E-state index in [1.165, 1.54) is 17.3 Å². The van der Waals surface area contributed by atoms with Gasteiger partial charge in [0.05, 0.1) is 9.61 Å². The van der Waals surface area contributed by atoms with E-state index in [9.17, 15) is 4.79 Å². The van der Waals surface area contributed by atoms with E-state index in [2.05, 4.69) is 17.4 Å². The van der Waals surface area contributed by atoms with E-state index in [-0.39, 0.29) is 11.2 Å². The predicted molar refractivity (Wildman–Crippen MR) is 82.5 cm³/mol. The van der Waals surface area contributed by atoms with Crippen LogP contribution in [-0.2, 0) is 11.2 Å². The fraction of sp³-hybridized carbons (Fsp3) is 0.357. The third-order valence-corrected chi connectivity index (χ3v) is 5.07. The fourth-order valence-corrected chi connectivity index (χ4v) is 3.56. The lowest BCUT2D eigenvalue weighted by atomic mass is 10.1. The van der Waals surface area contributed by atoms with Gasteiger partial charge in [0.2, 0.25) is 5.91 Å². The summed E-state index contributed by atoms with van der Waals surface area (Å²) in [5.41, 5.74) is 1.29. The number of hydrogen-bond donors (Lipinski definition) is 1. The molecule has 0 fully saturated rings. The Balaban J connectivity index is 1.65. The summed E-state index contributed by atoms with van der Waals surface area (Å²) in [6.07, 6.45) is 2.44. The van der Waals surface area contributed by atoms with Crippen LogP contribution in [0.3, 0.4) is 0 Å². The van der Waals surface area contributed by atoms with Gasteiger partial charge in [0, 0.05) is 18.0 Å². The molecule has 102 valence electrons. The van der Waals surface area contributed by atoms with Crippen LogP contribution < -0.4 is 5.32 Å². The molecule has 1 unspecified atom stereocenters. The van der Waals surface area contributed by atoms with Gasteiger partial charge < -0.3 is 5.32 Å². The van der Waals surface area contributed by atoms with E-state index in [1.807, 2.05) is 18.2 Å². The Bertz CT molecular complexity index is 462. The maximum Gasteiger partial charge on any atom is 0.233 e. The molecular weight excluding hydrogens is 301 g/mol. The SMILES string of the molecule is O=C(NCCCc1ccccc1)C1CC(Cl)=C(Cl)S1. The van der Waals surface area contributed by atoms with Crippen molar-refractivity contribution in [2.45, 2.75) is 24.5 Å². The van der Waals surface area contributed by atoms with Crippen LogP contribution in [0.4, 0.5) is 0 Å². The number of aryl methyl sites for hydroxylation is 1. The molecule has 1 atom stereocenters. The molecule has 1 amide bonds. The summed E-state index contributed by atoms with van der Waals surface area (Å²) < 4.78 is 0.547. The van der Waals surface area contributed by atoms with Crippen molar-refractivity contribution in [1.82, 2.24) is 5.32 Å². The number of carbonyl (C=O) groups excluding carboxylic acids is 1. The molecule has 1 aliphatic rings. The van der Waals surface area contributed by atoms with Crippen molar-refractivity contribution < 1.29 is 4.79 Å². The zero-order chi connectivity index (χ0) is 13.7. The first kappa shape index (κ1) is 14.8. The van der Waals surface area contributed by atoms with Crippen LogP contribution >= 0.6 is 35.0 Å². The first-order chi connectivity index (χ1) is 9.16. The minimum absolute atomic E-state index is 0.0202. The summed E-state index contributed by atoms with van der Waals surface area (Å²) in [7, 11) is 0. The van der Waals surface area contributed by atoms with Crippen molar-refractivity contribution >= 4 is 40.9 Å². The van der Waals surface area contributed by atoms with Crippen molar-refractivity contribution in [2.24, 2.45) is 0 Å². The van der Waals surface area contributed by atoms with Crippen LogP contribution in [0.2, 0.25) is 0 Å². The third-order valence-electron chi connectivity index (χ3n) is 2.90. The van der Waals surface area contributed by atoms with E-state index in [0.717, 1.165) is 12.8 Å². The molecule has 0 saturated carbocycles.